The highest BCUT2D eigenvalue weighted by atomic mass is 79.9. The zero-order valence-corrected chi connectivity index (χ0v) is 18.2. The molecule has 0 atom stereocenters. The van der Waals surface area contributed by atoms with E-state index in [4.69, 9.17) is 9.73 Å². The fourth-order valence-electron chi connectivity index (χ4n) is 2.52. The number of benzene rings is 1. The number of halogens is 1. The predicted molar refractivity (Wildman–Crippen MR) is 112 cm³/mol. The molecule has 2 aromatic rings. The third-order valence-electron chi connectivity index (χ3n) is 4.23. The first kappa shape index (κ1) is 21.4. The normalized spacial score (nSPS) is 11.7. The van der Waals surface area contributed by atoms with Crippen LogP contribution in [0, 0.1) is 6.92 Å². The summed E-state index contributed by atoms with van der Waals surface area (Å²) in [5, 5.41) is 11.7. The van der Waals surface area contributed by atoms with Gasteiger partial charge in [0.1, 0.15) is 12.4 Å². The van der Waals surface area contributed by atoms with E-state index in [0.29, 0.717) is 6.54 Å². The summed E-state index contributed by atoms with van der Waals surface area (Å²) in [4.78, 5) is 6.88. The monoisotopic (exact) mass is 436 g/mol. The molecule has 1 N–H and O–H groups in total. The van der Waals surface area contributed by atoms with E-state index < -0.39 is 0 Å². The Labute approximate surface area is 170 Å². The lowest BCUT2D eigenvalue weighted by atomic mass is 10.2. The number of hydrogen-bond donors (Lipinski definition) is 1. The van der Waals surface area contributed by atoms with Gasteiger partial charge in [0.05, 0.1) is 0 Å². The van der Waals surface area contributed by atoms with Crippen LogP contribution in [0.2, 0.25) is 0 Å². The molecule has 0 aliphatic rings. The largest absolute Gasteiger partial charge is 0.382 e. The lowest BCUT2D eigenvalue weighted by Crippen LogP contribution is -2.39. The van der Waals surface area contributed by atoms with Crippen molar-refractivity contribution in [1.29, 1.82) is 0 Å². The number of aryl methyl sites for hydroxylation is 1. The lowest BCUT2D eigenvalue weighted by Gasteiger charge is -2.23. The van der Waals surface area contributed by atoms with E-state index in [2.05, 4.69) is 48.5 Å². The third kappa shape index (κ3) is 6.62. The number of nitrogens with zero attached hydrogens (tertiary/aromatic N) is 5. The highest BCUT2D eigenvalue weighted by Crippen LogP contribution is 2.17. The molecule has 27 heavy (non-hydrogen) atoms. The molecule has 1 heterocycles. The molecule has 0 saturated heterocycles. The van der Waals surface area contributed by atoms with Crippen molar-refractivity contribution >= 4 is 21.9 Å². The molecule has 1 aromatic heterocycles. The average Bonchev–Trinajstić information content (AvgIpc) is 2.97. The smallest absolute Gasteiger partial charge is 0.194 e. The van der Waals surface area contributed by atoms with Gasteiger partial charge in [0.15, 0.2) is 11.8 Å². The molecule has 1 aromatic carbocycles. The fraction of sp³-hybridized carbons (Fsp3) is 0.526. The van der Waals surface area contributed by atoms with Gasteiger partial charge in [-0.05, 0) is 31.9 Å². The summed E-state index contributed by atoms with van der Waals surface area (Å²) in [5.74, 6) is 2.56. The van der Waals surface area contributed by atoms with Crippen molar-refractivity contribution in [2.75, 3.05) is 26.8 Å². The van der Waals surface area contributed by atoms with Crippen molar-refractivity contribution in [3.05, 3.63) is 46.0 Å². The van der Waals surface area contributed by atoms with Gasteiger partial charge in [0.25, 0.3) is 0 Å². The maximum Gasteiger partial charge on any atom is 0.194 e. The zero-order chi connectivity index (χ0) is 19.6. The molecule has 0 saturated carbocycles. The molecule has 0 radical (unpaired) electrons. The minimum absolute atomic E-state index is 0.478. The fourth-order valence-corrected chi connectivity index (χ4v) is 2.93. The van der Waals surface area contributed by atoms with Gasteiger partial charge in [-0.2, -0.15) is 0 Å². The summed E-state index contributed by atoms with van der Waals surface area (Å²) in [7, 11) is 4.00. The van der Waals surface area contributed by atoms with E-state index in [1.54, 1.807) is 0 Å². The minimum Gasteiger partial charge on any atom is -0.382 e. The highest BCUT2D eigenvalue weighted by Gasteiger charge is 2.10. The van der Waals surface area contributed by atoms with E-state index in [1.165, 1.54) is 5.56 Å². The maximum atomic E-state index is 5.41. The lowest BCUT2D eigenvalue weighted by molar-refractivity contribution is 0.145. The Balaban J connectivity index is 2.06. The second-order valence-corrected chi connectivity index (χ2v) is 7.14. The Bertz CT molecular complexity index is 746. The number of hydrogen-bond acceptors (Lipinski definition) is 4. The van der Waals surface area contributed by atoms with Gasteiger partial charge >= 0.3 is 0 Å². The molecule has 2 rings (SSSR count). The zero-order valence-electron chi connectivity index (χ0n) is 16.6. The summed E-state index contributed by atoms with van der Waals surface area (Å²) >= 11 is 3.62. The molecule has 0 amide bonds. The van der Waals surface area contributed by atoms with Crippen LogP contribution in [0.3, 0.4) is 0 Å². The topological polar surface area (TPSA) is 67.6 Å². The van der Waals surface area contributed by atoms with Gasteiger partial charge in [-0.25, -0.2) is 4.99 Å². The van der Waals surface area contributed by atoms with Crippen LogP contribution in [-0.2, 0) is 24.9 Å². The van der Waals surface area contributed by atoms with Gasteiger partial charge in [-0.3, -0.25) is 0 Å². The standard InChI is InChI=1S/C19H29BrN6O/c1-5-27-12-8-11-21-19(22-13-18-24-23-15(2)26(18)4)25(3)14-16-9-6-7-10-17(16)20/h6-7,9-10H,5,8,11-14H2,1-4H3,(H,21,22). The predicted octanol–water partition coefficient (Wildman–Crippen LogP) is 2.89. The Kier molecular flexibility index (Phi) is 8.74. The first-order valence-electron chi connectivity index (χ1n) is 9.18. The molecule has 7 nitrogen and oxygen atoms in total. The SMILES string of the molecule is CCOCCCNC(=NCc1nnc(C)n1C)N(C)Cc1ccccc1Br. The van der Waals surface area contributed by atoms with Gasteiger partial charge in [0, 0.05) is 44.9 Å². The molecular formula is C19H29BrN6O. The molecule has 0 aliphatic carbocycles. The number of ether oxygens (including phenoxy) is 1. The van der Waals surface area contributed by atoms with E-state index >= 15 is 0 Å². The van der Waals surface area contributed by atoms with Crippen LogP contribution in [0.25, 0.3) is 0 Å². The van der Waals surface area contributed by atoms with E-state index in [0.717, 1.165) is 54.8 Å². The summed E-state index contributed by atoms with van der Waals surface area (Å²) in [6.07, 6.45) is 0.929. The average molecular weight is 437 g/mol. The van der Waals surface area contributed by atoms with E-state index in [1.807, 2.05) is 44.6 Å². The molecule has 0 unspecified atom stereocenters. The van der Waals surface area contributed by atoms with Gasteiger partial charge in [0.2, 0.25) is 0 Å². The second-order valence-electron chi connectivity index (χ2n) is 6.29. The Morgan fingerprint density at radius 3 is 2.78 bits per heavy atom. The van der Waals surface area contributed by atoms with Crippen LogP contribution in [0.4, 0.5) is 0 Å². The Hall–Kier alpha value is -1.93. The molecule has 0 bridgehead atoms. The number of aromatic nitrogens is 3. The number of nitrogens with one attached hydrogen (secondary N) is 1. The van der Waals surface area contributed by atoms with Crippen molar-refractivity contribution < 1.29 is 4.74 Å². The van der Waals surface area contributed by atoms with E-state index in [9.17, 15) is 0 Å². The second kappa shape index (κ2) is 11.0. The molecule has 0 fully saturated rings. The molecule has 0 spiro atoms. The first-order valence-corrected chi connectivity index (χ1v) is 9.97. The number of guanidine groups is 1. The van der Waals surface area contributed by atoms with Crippen molar-refractivity contribution in [1.82, 2.24) is 25.0 Å². The van der Waals surface area contributed by atoms with Crippen LogP contribution in [0.5, 0.6) is 0 Å². The summed E-state index contributed by atoms with van der Waals surface area (Å²) < 4.78 is 8.47. The van der Waals surface area contributed by atoms with Gasteiger partial charge < -0.3 is 19.5 Å². The van der Waals surface area contributed by atoms with Crippen molar-refractivity contribution in [3.8, 4) is 0 Å². The third-order valence-corrected chi connectivity index (χ3v) is 5.01. The Morgan fingerprint density at radius 2 is 2.11 bits per heavy atom. The van der Waals surface area contributed by atoms with Crippen LogP contribution >= 0.6 is 15.9 Å². The molecule has 148 valence electrons. The first-order chi connectivity index (χ1) is 13.0. The van der Waals surface area contributed by atoms with Crippen LogP contribution in [0.1, 0.15) is 30.6 Å². The van der Waals surface area contributed by atoms with Crippen molar-refractivity contribution in [2.24, 2.45) is 12.0 Å². The highest BCUT2D eigenvalue weighted by molar-refractivity contribution is 9.10. The molecular weight excluding hydrogens is 408 g/mol. The summed E-state index contributed by atoms with van der Waals surface area (Å²) in [6, 6.07) is 8.23. The molecule has 8 heteroatoms. The van der Waals surface area contributed by atoms with Gasteiger partial charge in [-0.1, -0.05) is 34.1 Å². The summed E-state index contributed by atoms with van der Waals surface area (Å²) in [5.41, 5.74) is 1.21. The van der Waals surface area contributed by atoms with E-state index in [-0.39, 0.29) is 0 Å². The minimum atomic E-state index is 0.478. The maximum absolute atomic E-state index is 5.41. The van der Waals surface area contributed by atoms with Crippen LogP contribution in [-0.4, -0.2) is 52.4 Å². The number of aliphatic imine (C=N–C) groups is 1. The quantitative estimate of drug-likeness (QED) is 0.371. The summed E-state index contributed by atoms with van der Waals surface area (Å²) in [6.45, 7) is 7.46. The molecule has 0 aliphatic heterocycles. The van der Waals surface area contributed by atoms with Gasteiger partial charge in [-0.15, -0.1) is 10.2 Å². The van der Waals surface area contributed by atoms with Crippen LogP contribution < -0.4 is 5.32 Å². The van der Waals surface area contributed by atoms with Crippen molar-refractivity contribution in [3.63, 3.8) is 0 Å². The van der Waals surface area contributed by atoms with Crippen molar-refractivity contribution in [2.45, 2.75) is 33.4 Å². The van der Waals surface area contributed by atoms with Crippen LogP contribution in [0.15, 0.2) is 33.7 Å². The Morgan fingerprint density at radius 1 is 1.33 bits per heavy atom. The number of rotatable bonds is 9.